The quantitative estimate of drug-likeness (QED) is 0.715. The number of ether oxygens (including phenoxy) is 1. The van der Waals surface area contributed by atoms with Crippen LogP contribution in [-0.4, -0.2) is 62.3 Å². The van der Waals surface area contributed by atoms with Crippen molar-refractivity contribution < 1.29 is 9.53 Å². The Labute approximate surface area is 162 Å². The Balaban J connectivity index is 1.59. The second kappa shape index (κ2) is 8.24. The van der Waals surface area contributed by atoms with E-state index in [-0.39, 0.29) is 5.91 Å². The predicted octanol–water partition coefficient (Wildman–Crippen LogP) is 1.38. The number of nitrogens with zero attached hydrogens (tertiary/aromatic N) is 6. The summed E-state index contributed by atoms with van der Waals surface area (Å²) in [6, 6.07) is 10.8. The molecule has 1 amide bonds. The van der Waals surface area contributed by atoms with Crippen LogP contribution >= 0.6 is 0 Å². The molecule has 0 saturated carbocycles. The molecule has 9 heteroatoms. The number of hydrogen-bond donors (Lipinski definition) is 1. The zero-order valence-electron chi connectivity index (χ0n) is 15.5. The van der Waals surface area contributed by atoms with Crippen LogP contribution in [0.25, 0.3) is 5.69 Å². The SMILES string of the molecule is Cc1nnnn1-c1cccc(NC(=O)C(c2cccnc2)N2CCOCC2)c1. The number of amides is 1. The summed E-state index contributed by atoms with van der Waals surface area (Å²) < 4.78 is 7.06. The number of hydrogen-bond acceptors (Lipinski definition) is 7. The number of carbonyl (C=O) groups excluding carboxylic acids is 1. The number of tetrazole rings is 1. The number of carbonyl (C=O) groups is 1. The van der Waals surface area contributed by atoms with Crippen molar-refractivity contribution >= 4 is 11.6 Å². The summed E-state index contributed by atoms with van der Waals surface area (Å²) in [5.41, 5.74) is 2.32. The van der Waals surface area contributed by atoms with Crippen LogP contribution in [0.4, 0.5) is 5.69 Å². The van der Waals surface area contributed by atoms with Gasteiger partial charge in [-0.2, -0.15) is 4.68 Å². The van der Waals surface area contributed by atoms with Crippen LogP contribution in [0.1, 0.15) is 17.4 Å². The maximum atomic E-state index is 13.2. The summed E-state index contributed by atoms with van der Waals surface area (Å²) in [5, 5.41) is 14.6. The van der Waals surface area contributed by atoms with Crippen molar-refractivity contribution in [3.05, 3.63) is 60.2 Å². The summed E-state index contributed by atoms with van der Waals surface area (Å²) in [6.07, 6.45) is 3.44. The summed E-state index contributed by atoms with van der Waals surface area (Å²) in [7, 11) is 0. The fraction of sp³-hybridized carbons (Fsp3) is 0.316. The molecule has 1 fully saturated rings. The molecule has 1 aromatic carbocycles. The van der Waals surface area contributed by atoms with E-state index in [2.05, 4.69) is 30.7 Å². The number of morpholine rings is 1. The van der Waals surface area contributed by atoms with E-state index in [9.17, 15) is 4.79 Å². The molecule has 0 radical (unpaired) electrons. The highest BCUT2D eigenvalue weighted by Crippen LogP contribution is 2.24. The first kappa shape index (κ1) is 18.2. The van der Waals surface area contributed by atoms with Crippen LogP contribution < -0.4 is 5.32 Å². The van der Waals surface area contributed by atoms with Gasteiger partial charge in [-0.05, 0) is 47.2 Å². The maximum absolute atomic E-state index is 13.2. The molecule has 2 aromatic heterocycles. The van der Waals surface area contributed by atoms with Crippen LogP contribution in [0.2, 0.25) is 0 Å². The highest BCUT2D eigenvalue weighted by atomic mass is 16.5. The smallest absolute Gasteiger partial charge is 0.246 e. The van der Waals surface area contributed by atoms with Crippen molar-refractivity contribution in [2.24, 2.45) is 0 Å². The fourth-order valence-electron chi connectivity index (χ4n) is 3.30. The minimum Gasteiger partial charge on any atom is -0.379 e. The van der Waals surface area contributed by atoms with Crippen LogP contribution in [0.3, 0.4) is 0 Å². The van der Waals surface area contributed by atoms with Crippen molar-refractivity contribution in [1.82, 2.24) is 30.1 Å². The first-order valence-corrected chi connectivity index (χ1v) is 9.10. The fourth-order valence-corrected chi connectivity index (χ4v) is 3.30. The molecule has 0 bridgehead atoms. The van der Waals surface area contributed by atoms with Gasteiger partial charge in [0.05, 0.1) is 18.9 Å². The van der Waals surface area contributed by atoms with Gasteiger partial charge in [0.2, 0.25) is 5.91 Å². The van der Waals surface area contributed by atoms with E-state index >= 15 is 0 Å². The Bertz CT molecular complexity index is 938. The summed E-state index contributed by atoms with van der Waals surface area (Å²) in [4.78, 5) is 19.5. The van der Waals surface area contributed by atoms with Gasteiger partial charge in [0, 0.05) is 31.2 Å². The number of rotatable bonds is 5. The molecule has 3 heterocycles. The normalized spacial score (nSPS) is 15.9. The van der Waals surface area contributed by atoms with E-state index in [1.54, 1.807) is 17.1 Å². The highest BCUT2D eigenvalue weighted by molar-refractivity contribution is 5.95. The van der Waals surface area contributed by atoms with Gasteiger partial charge in [0.1, 0.15) is 6.04 Å². The standard InChI is InChI=1S/C19H21N7O2/c1-14-22-23-24-26(14)17-6-2-5-16(12-17)21-19(27)18(15-4-3-7-20-13-15)25-8-10-28-11-9-25/h2-7,12-13,18H,8-11H2,1H3,(H,21,27). The second-order valence-electron chi connectivity index (χ2n) is 6.51. The average Bonchev–Trinajstić information content (AvgIpc) is 3.16. The van der Waals surface area contributed by atoms with Crippen molar-refractivity contribution in [2.75, 3.05) is 31.6 Å². The van der Waals surface area contributed by atoms with Gasteiger partial charge in [-0.15, -0.1) is 5.10 Å². The third kappa shape index (κ3) is 3.90. The number of aromatic nitrogens is 5. The number of aryl methyl sites for hydroxylation is 1. The molecule has 28 heavy (non-hydrogen) atoms. The van der Waals surface area contributed by atoms with Gasteiger partial charge in [-0.1, -0.05) is 12.1 Å². The van der Waals surface area contributed by atoms with E-state index in [1.807, 2.05) is 43.3 Å². The van der Waals surface area contributed by atoms with E-state index in [4.69, 9.17) is 4.74 Å². The Morgan fingerprint density at radius 1 is 1.21 bits per heavy atom. The van der Waals surface area contributed by atoms with E-state index in [1.165, 1.54) is 0 Å². The zero-order chi connectivity index (χ0) is 19.3. The van der Waals surface area contributed by atoms with Gasteiger partial charge in [0.15, 0.2) is 5.82 Å². The Hall–Kier alpha value is -3.17. The summed E-state index contributed by atoms with van der Waals surface area (Å²) >= 11 is 0. The molecular formula is C19H21N7O2. The lowest BCUT2D eigenvalue weighted by Gasteiger charge is -2.33. The van der Waals surface area contributed by atoms with Gasteiger partial charge in [-0.3, -0.25) is 14.7 Å². The Morgan fingerprint density at radius 3 is 2.79 bits per heavy atom. The first-order valence-electron chi connectivity index (χ1n) is 9.10. The molecule has 1 N–H and O–H groups in total. The van der Waals surface area contributed by atoms with Crippen molar-refractivity contribution in [1.29, 1.82) is 0 Å². The predicted molar refractivity (Wildman–Crippen MR) is 102 cm³/mol. The van der Waals surface area contributed by atoms with E-state index in [0.717, 1.165) is 11.3 Å². The maximum Gasteiger partial charge on any atom is 0.246 e. The number of pyridine rings is 1. The number of benzene rings is 1. The topological polar surface area (TPSA) is 98.1 Å². The second-order valence-corrected chi connectivity index (χ2v) is 6.51. The van der Waals surface area contributed by atoms with Gasteiger partial charge >= 0.3 is 0 Å². The van der Waals surface area contributed by atoms with Crippen LogP contribution in [0.5, 0.6) is 0 Å². The summed E-state index contributed by atoms with van der Waals surface area (Å²) in [6.45, 7) is 4.42. The Morgan fingerprint density at radius 2 is 2.07 bits per heavy atom. The van der Waals surface area contributed by atoms with Crippen molar-refractivity contribution in [3.63, 3.8) is 0 Å². The molecular weight excluding hydrogens is 358 g/mol. The van der Waals surface area contributed by atoms with Gasteiger partial charge in [-0.25, -0.2) is 0 Å². The van der Waals surface area contributed by atoms with E-state index < -0.39 is 6.04 Å². The molecule has 4 rings (SSSR count). The zero-order valence-corrected chi connectivity index (χ0v) is 15.5. The molecule has 1 unspecified atom stereocenters. The monoisotopic (exact) mass is 379 g/mol. The van der Waals surface area contributed by atoms with Crippen LogP contribution in [-0.2, 0) is 9.53 Å². The van der Waals surface area contributed by atoms with Crippen molar-refractivity contribution in [3.8, 4) is 5.69 Å². The third-order valence-corrected chi connectivity index (χ3v) is 4.64. The Kier molecular flexibility index (Phi) is 5.36. The molecule has 3 aromatic rings. The molecule has 1 atom stereocenters. The molecule has 1 aliphatic heterocycles. The molecule has 0 aliphatic carbocycles. The van der Waals surface area contributed by atoms with Gasteiger partial charge in [0.25, 0.3) is 0 Å². The third-order valence-electron chi connectivity index (χ3n) is 4.64. The minimum atomic E-state index is -0.434. The lowest BCUT2D eigenvalue weighted by atomic mass is 10.1. The average molecular weight is 379 g/mol. The first-order chi connectivity index (χ1) is 13.7. The number of nitrogens with one attached hydrogen (secondary N) is 1. The molecule has 1 aliphatic rings. The van der Waals surface area contributed by atoms with Crippen molar-refractivity contribution in [2.45, 2.75) is 13.0 Å². The lowest BCUT2D eigenvalue weighted by Crippen LogP contribution is -2.43. The van der Waals surface area contributed by atoms with Crippen LogP contribution in [0, 0.1) is 6.92 Å². The molecule has 1 saturated heterocycles. The van der Waals surface area contributed by atoms with Crippen LogP contribution in [0.15, 0.2) is 48.8 Å². The molecule has 0 spiro atoms. The highest BCUT2D eigenvalue weighted by Gasteiger charge is 2.29. The van der Waals surface area contributed by atoms with Gasteiger partial charge < -0.3 is 10.1 Å². The number of anilines is 1. The van der Waals surface area contributed by atoms with E-state index in [0.29, 0.717) is 37.8 Å². The minimum absolute atomic E-state index is 0.111. The largest absolute Gasteiger partial charge is 0.379 e. The summed E-state index contributed by atoms with van der Waals surface area (Å²) in [5.74, 6) is 0.561. The molecule has 144 valence electrons. The molecule has 9 nitrogen and oxygen atoms in total. The lowest BCUT2D eigenvalue weighted by molar-refractivity contribution is -0.123.